The van der Waals surface area contributed by atoms with Gasteiger partial charge in [-0.15, -0.1) is 0 Å². The van der Waals surface area contributed by atoms with Gasteiger partial charge in [-0.25, -0.2) is 0 Å². The second-order valence-electron chi connectivity index (χ2n) is 4.72. The van der Waals surface area contributed by atoms with Gasteiger partial charge in [0.05, 0.1) is 12.6 Å². The van der Waals surface area contributed by atoms with Gasteiger partial charge in [0, 0.05) is 12.5 Å². The third-order valence-electron chi connectivity index (χ3n) is 3.12. The highest BCUT2D eigenvalue weighted by atomic mass is 16.2. The van der Waals surface area contributed by atoms with Crippen LogP contribution in [0.4, 0.5) is 0 Å². The first-order chi connectivity index (χ1) is 7.56. The predicted octanol–water partition coefficient (Wildman–Crippen LogP) is 0.812. The van der Waals surface area contributed by atoms with E-state index < -0.39 is 0 Å². The number of hydrogen-bond donors (Lipinski definition) is 1. The Morgan fingerprint density at radius 1 is 1.50 bits per heavy atom. The molecule has 1 heterocycles. The molecule has 1 amide bonds. The molecule has 0 spiro atoms. The van der Waals surface area contributed by atoms with Crippen molar-refractivity contribution < 1.29 is 9.59 Å². The average Bonchev–Trinajstić information content (AvgIpc) is 2.41. The van der Waals surface area contributed by atoms with Crippen LogP contribution in [0.3, 0.4) is 0 Å². The van der Waals surface area contributed by atoms with E-state index in [0.29, 0.717) is 0 Å². The predicted molar refractivity (Wildman–Crippen MR) is 63.1 cm³/mol. The third kappa shape index (κ3) is 3.30. The lowest BCUT2D eigenvalue weighted by Crippen LogP contribution is -2.46. The molecule has 1 aliphatic rings. The van der Waals surface area contributed by atoms with Gasteiger partial charge < -0.3 is 10.2 Å². The fourth-order valence-electron chi connectivity index (χ4n) is 1.90. The van der Waals surface area contributed by atoms with Crippen LogP contribution in [0, 0.1) is 5.92 Å². The number of Topliss-reactive ketones (excluding diaryl/α,β-unsaturated/α-hetero) is 1. The number of rotatable bonds is 4. The number of carbonyl (C=O) groups is 2. The first-order valence-electron chi connectivity index (χ1n) is 6.05. The second-order valence-corrected chi connectivity index (χ2v) is 4.72. The standard InChI is InChI=1S/C12H22N2O2/c1-9(2)11(15)8-14-7-5-4-6-10(13-3)12(14)16/h9-10,13H,4-8H2,1-3H3/t10-/m1/s1. The maximum Gasteiger partial charge on any atom is 0.240 e. The fraction of sp³-hybridized carbons (Fsp3) is 0.833. The van der Waals surface area contributed by atoms with Crippen LogP contribution in [-0.2, 0) is 9.59 Å². The average molecular weight is 226 g/mol. The summed E-state index contributed by atoms with van der Waals surface area (Å²) in [5.41, 5.74) is 0. The number of likely N-dealkylation sites (tertiary alicyclic amines) is 1. The monoisotopic (exact) mass is 226 g/mol. The van der Waals surface area contributed by atoms with Crippen LogP contribution >= 0.6 is 0 Å². The SMILES string of the molecule is CN[C@@H]1CCCCN(CC(=O)C(C)C)C1=O. The van der Waals surface area contributed by atoms with Crippen molar-refractivity contribution in [3.63, 3.8) is 0 Å². The Balaban J connectivity index is 2.63. The summed E-state index contributed by atoms with van der Waals surface area (Å²) in [6, 6.07) is -0.109. The highest BCUT2D eigenvalue weighted by Gasteiger charge is 2.27. The van der Waals surface area contributed by atoms with Gasteiger partial charge in [0.2, 0.25) is 5.91 Å². The molecule has 0 bridgehead atoms. The molecular weight excluding hydrogens is 204 g/mol. The Bertz CT molecular complexity index is 264. The highest BCUT2D eigenvalue weighted by Crippen LogP contribution is 2.12. The minimum atomic E-state index is -0.109. The largest absolute Gasteiger partial charge is 0.334 e. The molecule has 1 saturated heterocycles. The third-order valence-corrected chi connectivity index (χ3v) is 3.12. The molecule has 4 nitrogen and oxygen atoms in total. The lowest BCUT2D eigenvalue weighted by atomic mass is 10.1. The van der Waals surface area contributed by atoms with Crippen molar-refractivity contribution in [3.05, 3.63) is 0 Å². The van der Waals surface area contributed by atoms with Crippen LogP contribution in [0.5, 0.6) is 0 Å². The first-order valence-corrected chi connectivity index (χ1v) is 6.05. The van der Waals surface area contributed by atoms with Gasteiger partial charge >= 0.3 is 0 Å². The molecule has 1 rings (SSSR count). The molecule has 16 heavy (non-hydrogen) atoms. The number of amides is 1. The molecule has 0 saturated carbocycles. The van der Waals surface area contributed by atoms with Gasteiger partial charge in [-0.3, -0.25) is 9.59 Å². The van der Waals surface area contributed by atoms with E-state index in [0.717, 1.165) is 25.8 Å². The summed E-state index contributed by atoms with van der Waals surface area (Å²) in [5, 5.41) is 3.02. The molecule has 1 atom stereocenters. The molecule has 0 aliphatic carbocycles. The number of hydrogen-bond acceptors (Lipinski definition) is 3. The molecule has 0 aromatic carbocycles. The number of nitrogens with one attached hydrogen (secondary N) is 1. The van der Waals surface area contributed by atoms with E-state index in [-0.39, 0.29) is 30.2 Å². The zero-order chi connectivity index (χ0) is 12.1. The molecule has 0 aromatic rings. The van der Waals surface area contributed by atoms with Crippen molar-refractivity contribution in [2.45, 2.75) is 39.2 Å². The second kappa shape index (κ2) is 5.99. The Morgan fingerprint density at radius 2 is 2.19 bits per heavy atom. The topological polar surface area (TPSA) is 49.4 Å². The number of nitrogens with zero attached hydrogens (tertiary/aromatic N) is 1. The summed E-state index contributed by atoms with van der Waals surface area (Å²) >= 11 is 0. The van der Waals surface area contributed by atoms with E-state index in [9.17, 15) is 9.59 Å². The summed E-state index contributed by atoms with van der Waals surface area (Å²) in [7, 11) is 1.80. The van der Waals surface area contributed by atoms with Gasteiger partial charge in [-0.1, -0.05) is 13.8 Å². The molecule has 1 fully saturated rings. The van der Waals surface area contributed by atoms with Crippen LogP contribution in [0.25, 0.3) is 0 Å². The highest BCUT2D eigenvalue weighted by molar-refractivity contribution is 5.89. The van der Waals surface area contributed by atoms with Crippen LogP contribution in [0.15, 0.2) is 0 Å². The zero-order valence-corrected chi connectivity index (χ0v) is 10.5. The maximum atomic E-state index is 12.0. The molecule has 0 aromatic heterocycles. The van der Waals surface area contributed by atoms with Crippen molar-refractivity contribution in [2.24, 2.45) is 5.92 Å². The summed E-state index contributed by atoms with van der Waals surface area (Å²) in [6.45, 7) is 4.74. The van der Waals surface area contributed by atoms with Crippen LogP contribution in [-0.4, -0.2) is 42.8 Å². The van der Waals surface area contributed by atoms with E-state index in [1.807, 2.05) is 13.8 Å². The normalized spacial score (nSPS) is 22.4. The lowest BCUT2D eigenvalue weighted by molar-refractivity contribution is -0.137. The van der Waals surface area contributed by atoms with Gasteiger partial charge in [0.25, 0.3) is 0 Å². The first kappa shape index (κ1) is 13.2. The Kier molecular flexibility index (Phi) is 4.93. The van der Waals surface area contributed by atoms with E-state index in [1.54, 1.807) is 11.9 Å². The Hall–Kier alpha value is -0.900. The van der Waals surface area contributed by atoms with Crippen molar-refractivity contribution in [3.8, 4) is 0 Å². The van der Waals surface area contributed by atoms with Gasteiger partial charge in [0.1, 0.15) is 0 Å². The molecule has 1 aliphatic heterocycles. The van der Waals surface area contributed by atoms with Gasteiger partial charge in [-0.2, -0.15) is 0 Å². The quantitative estimate of drug-likeness (QED) is 0.772. The Morgan fingerprint density at radius 3 is 2.75 bits per heavy atom. The van der Waals surface area contributed by atoms with Crippen molar-refractivity contribution in [2.75, 3.05) is 20.1 Å². The van der Waals surface area contributed by atoms with E-state index in [1.165, 1.54) is 0 Å². The summed E-state index contributed by atoms with van der Waals surface area (Å²) < 4.78 is 0. The van der Waals surface area contributed by atoms with Crippen LogP contribution < -0.4 is 5.32 Å². The van der Waals surface area contributed by atoms with Crippen molar-refractivity contribution in [1.82, 2.24) is 10.2 Å². The zero-order valence-electron chi connectivity index (χ0n) is 10.5. The lowest BCUT2D eigenvalue weighted by Gasteiger charge is -2.24. The van der Waals surface area contributed by atoms with Gasteiger partial charge in [-0.05, 0) is 26.3 Å². The minimum absolute atomic E-state index is 0.00379. The maximum absolute atomic E-state index is 12.0. The van der Waals surface area contributed by atoms with E-state index in [4.69, 9.17) is 0 Å². The van der Waals surface area contributed by atoms with Gasteiger partial charge in [0.15, 0.2) is 5.78 Å². The number of carbonyl (C=O) groups excluding carboxylic acids is 2. The fourth-order valence-corrected chi connectivity index (χ4v) is 1.90. The molecule has 1 N–H and O–H groups in total. The molecule has 0 unspecified atom stereocenters. The smallest absolute Gasteiger partial charge is 0.240 e. The molecule has 92 valence electrons. The summed E-state index contributed by atoms with van der Waals surface area (Å²) in [4.78, 5) is 25.4. The van der Waals surface area contributed by atoms with Crippen molar-refractivity contribution >= 4 is 11.7 Å². The Labute approximate surface area is 97.4 Å². The minimum Gasteiger partial charge on any atom is -0.334 e. The molecular formula is C12H22N2O2. The molecule has 0 radical (unpaired) electrons. The van der Waals surface area contributed by atoms with Crippen LogP contribution in [0.1, 0.15) is 33.1 Å². The van der Waals surface area contributed by atoms with E-state index >= 15 is 0 Å². The summed E-state index contributed by atoms with van der Waals surface area (Å²) in [5.74, 6) is 0.225. The summed E-state index contributed by atoms with van der Waals surface area (Å²) in [6.07, 6.45) is 2.92. The number of ketones is 1. The van der Waals surface area contributed by atoms with Crippen molar-refractivity contribution in [1.29, 1.82) is 0 Å². The van der Waals surface area contributed by atoms with Crippen LogP contribution in [0.2, 0.25) is 0 Å². The number of likely N-dealkylation sites (N-methyl/N-ethyl adjacent to an activating group) is 1. The van der Waals surface area contributed by atoms with E-state index in [2.05, 4.69) is 5.32 Å². The molecule has 4 heteroatoms.